The summed E-state index contributed by atoms with van der Waals surface area (Å²) in [5, 5.41) is 11.5. The van der Waals surface area contributed by atoms with Gasteiger partial charge in [-0.2, -0.15) is 0 Å². The number of carbonyl (C=O) groups is 2. The van der Waals surface area contributed by atoms with Crippen molar-refractivity contribution in [1.29, 1.82) is 0 Å². The van der Waals surface area contributed by atoms with Crippen molar-refractivity contribution in [2.45, 2.75) is 19.3 Å². The van der Waals surface area contributed by atoms with Gasteiger partial charge in [-0.05, 0) is 42.5 Å². The molecule has 2 aliphatic heterocycles. The van der Waals surface area contributed by atoms with Gasteiger partial charge in [0.25, 0.3) is 0 Å². The third kappa shape index (κ3) is 2.67. The maximum absolute atomic E-state index is 12.3. The van der Waals surface area contributed by atoms with E-state index in [1.807, 2.05) is 6.07 Å². The number of nitrogens with zero attached hydrogens (tertiary/aromatic N) is 1. The molecule has 0 aromatic carbocycles. The second-order valence-electron chi connectivity index (χ2n) is 5.47. The highest BCUT2D eigenvalue weighted by Gasteiger charge is 2.43. The lowest BCUT2D eigenvalue weighted by atomic mass is 9.72. The highest BCUT2D eigenvalue weighted by Crippen LogP contribution is 2.40. The van der Waals surface area contributed by atoms with Gasteiger partial charge in [-0.3, -0.25) is 4.79 Å². The molecule has 2 N–H and O–H groups in total. The largest absolute Gasteiger partial charge is 0.478 e. The van der Waals surface area contributed by atoms with Gasteiger partial charge in [0, 0.05) is 25.5 Å². The van der Waals surface area contributed by atoms with Crippen LogP contribution in [0, 0.1) is 5.41 Å². The topological polar surface area (TPSA) is 88.5 Å². The molecule has 3 heterocycles. The minimum absolute atomic E-state index is 0.0135. The Morgan fingerprint density at radius 2 is 2.19 bits per heavy atom. The van der Waals surface area contributed by atoms with Crippen LogP contribution in [0.4, 0.5) is 5.82 Å². The fraction of sp³-hybridized carbons (Fsp3) is 0.400. The Labute approximate surface area is 121 Å². The van der Waals surface area contributed by atoms with E-state index in [-0.39, 0.29) is 5.91 Å². The summed E-state index contributed by atoms with van der Waals surface area (Å²) >= 11 is 0. The molecule has 0 aliphatic carbocycles. The monoisotopic (exact) mass is 288 g/mol. The molecule has 1 aromatic rings. The van der Waals surface area contributed by atoms with Gasteiger partial charge in [-0.15, -0.1) is 0 Å². The van der Waals surface area contributed by atoms with Crippen LogP contribution in [0.25, 0.3) is 6.08 Å². The fourth-order valence-electron chi connectivity index (χ4n) is 2.89. The molecule has 2 aliphatic rings. The first-order valence-electron chi connectivity index (χ1n) is 6.88. The molecule has 1 amide bonds. The van der Waals surface area contributed by atoms with Gasteiger partial charge < -0.3 is 15.2 Å². The van der Waals surface area contributed by atoms with Crippen molar-refractivity contribution in [2.75, 3.05) is 18.5 Å². The fourth-order valence-corrected chi connectivity index (χ4v) is 2.89. The van der Waals surface area contributed by atoms with Crippen molar-refractivity contribution in [3.8, 4) is 0 Å². The van der Waals surface area contributed by atoms with Crippen LogP contribution in [0.5, 0.6) is 0 Å². The molecule has 6 nitrogen and oxygen atoms in total. The highest BCUT2D eigenvalue weighted by molar-refractivity contribution is 5.97. The number of hydrogen-bond acceptors (Lipinski definition) is 4. The Hall–Kier alpha value is -2.21. The van der Waals surface area contributed by atoms with Crippen LogP contribution < -0.4 is 5.32 Å². The van der Waals surface area contributed by atoms with Gasteiger partial charge in [-0.25, -0.2) is 9.78 Å². The maximum Gasteiger partial charge on any atom is 0.328 e. The first-order valence-corrected chi connectivity index (χ1v) is 6.88. The van der Waals surface area contributed by atoms with Crippen LogP contribution in [0.15, 0.2) is 18.3 Å². The number of ether oxygens (including phenoxy) is 1. The van der Waals surface area contributed by atoms with Crippen LogP contribution in [-0.4, -0.2) is 35.2 Å². The van der Waals surface area contributed by atoms with Gasteiger partial charge >= 0.3 is 5.97 Å². The Bertz CT molecular complexity index is 618. The van der Waals surface area contributed by atoms with Crippen molar-refractivity contribution < 1.29 is 19.4 Å². The van der Waals surface area contributed by atoms with Gasteiger partial charge in [0.1, 0.15) is 5.82 Å². The quantitative estimate of drug-likeness (QED) is 0.804. The molecule has 0 unspecified atom stereocenters. The molecule has 0 saturated carbocycles. The second-order valence-corrected chi connectivity index (χ2v) is 5.47. The highest BCUT2D eigenvalue weighted by atomic mass is 16.5. The van der Waals surface area contributed by atoms with Crippen molar-refractivity contribution in [1.82, 2.24) is 4.98 Å². The summed E-state index contributed by atoms with van der Waals surface area (Å²) < 4.78 is 5.35. The number of fused-ring (bicyclic) bond motifs is 1. The van der Waals surface area contributed by atoms with E-state index in [0.29, 0.717) is 38.3 Å². The van der Waals surface area contributed by atoms with Crippen molar-refractivity contribution in [3.63, 3.8) is 0 Å². The normalized spacial score (nSPS) is 20.3. The van der Waals surface area contributed by atoms with E-state index in [0.717, 1.165) is 17.2 Å². The zero-order valence-corrected chi connectivity index (χ0v) is 11.5. The number of nitrogens with one attached hydrogen (secondary N) is 1. The van der Waals surface area contributed by atoms with Gasteiger partial charge in [-0.1, -0.05) is 0 Å². The maximum atomic E-state index is 12.3. The molecule has 6 heteroatoms. The molecule has 3 rings (SSSR count). The number of hydrogen-bond donors (Lipinski definition) is 2. The Morgan fingerprint density at radius 3 is 2.90 bits per heavy atom. The summed E-state index contributed by atoms with van der Waals surface area (Å²) in [6, 6.07) is 1.89. The van der Waals surface area contributed by atoms with E-state index >= 15 is 0 Å². The summed E-state index contributed by atoms with van der Waals surface area (Å²) in [6.45, 7) is 1.18. The van der Waals surface area contributed by atoms with Gasteiger partial charge in [0.15, 0.2) is 0 Å². The smallest absolute Gasteiger partial charge is 0.328 e. The number of anilines is 1. The summed E-state index contributed by atoms with van der Waals surface area (Å²) in [4.78, 5) is 27.1. The average Bonchev–Trinajstić information content (AvgIpc) is 2.47. The lowest BCUT2D eigenvalue weighted by molar-refractivity contribution is -0.132. The molecule has 1 aromatic heterocycles. The molecule has 0 radical (unpaired) electrons. The van der Waals surface area contributed by atoms with E-state index in [9.17, 15) is 9.59 Å². The predicted molar refractivity (Wildman–Crippen MR) is 75.7 cm³/mol. The lowest BCUT2D eigenvalue weighted by Gasteiger charge is -2.39. The van der Waals surface area contributed by atoms with Crippen molar-refractivity contribution in [2.24, 2.45) is 5.41 Å². The second kappa shape index (κ2) is 5.29. The third-order valence-electron chi connectivity index (χ3n) is 4.10. The van der Waals surface area contributed by atoms with Crippen LogP contribution >= 0.6 is 0 Å². The predicted octanol–water partition coefficient (Wildman–Crippen LogP) is 1.47. The number of carbonyl (C=O) groups excluding carboxylic acids is 1. The number of carboxylic acid groups (broad SMARTS) is 1. The molecule has 21 heavy (non-hydrogen) atoms. The first-order chi connectivity index (χ1) is 10.1. The molecule has 1 spiro atoms. The summed E-state index contributed by atoms with van der Waals surface area (Å²) in [5.41, 5.74) is 1.25. The van der Waals surface area contributed by atoms with Crippen LogP contribution in [-0.2, 0) is 20.7 Å². The molecule has 1 fully saturated rings. The molecule has 0 bridgehead atoms. The standard InChI is InChI=1S/C15H16N2O4/c18-12(19)2-1-10-7-11-8-15(3-5-21-6-4-15)14(20)17-13(11)16-9-10/h1-2,7,9H,3-6,8H2,(H,18,19)(H,16,17,20). The van der Waals surface area contributed by atoms with E-state index < -0.39 is 11.4 Å². The first kappa shape index (κ1) is 13.8. The Morgan fingerprint density at radius 1 is 1.43 bits per heavy atom. The average molecular weight is 288 g/mol. The molecular weight excluding hydrogens is 272 g/mol. The van der Waals surface area contributed by atoms with Crippen LogP contribution in [0.3, 0.4) is 0 Å². The van der Waals surface area contributed by atoms with Gasteiger partial charge in [0.2, 0.25) is 5.91 Å². The van der Waals surface area contributed by atoms with Crippen LogP contribution in [0.1, 0.15) is 24.0 Å². The minimum Gasteiger partial charge on any atom is -0.478 e. The molecular formula is C15H16N2O4. The van der Waals surface area contributed by atoms with E-state index in [1.54, 1.807) is 6.20 Å². The summed E-state index contributed by atoms with van der Waals surface area (Å²) in [6.07, 6.45) is 6.17. The Balaban J connectivity index is 1.90. The van der Waals surface area contributed by atoms with E-state index in [1.165, 1.54) is 6.08 Å². The summed E-state index contributed by atoms with van der Waals surface area (Å²) in [5.74, 6) is -0.411. The van der Waals surface area contributed by atoms with E-state index in [2.05, 4.69) is 10.3 Å². The van der Waals surface area contributed by atoms with Crippen molar-refractivity contribution in [3.05, 3.63) is 29.5 Å². The van der Waals surface area contributed by atoms with Crippen molar-refractivity contribution >= 4 is 23.8 Å². The SMILES string of the molecule is O=C(O)C=Cc1cnc2c(c1)CC1(CCOCC1)C(=O)N2. The lowest BCUT2D eigenvalue weighted by Crippen LogP contribution is -2.45. The van der Waals surface area contributed by atoms with E-state index in [4.69, 9.17) is 9.84 Å². The summed E-state index contributed by atoms with van der Waals surface area (Å²) in [7, 11) is 0. The number of rotatable bonds is 2. The zero-order chi connectivity index (χ0) is 14.9. The van der Waals surface area contributed by atoms with Gasteiger partial charge in [0.05, 0.1) is 5.41 Å². The van der Waals surface area contributed by atoms with Crippen LogP contribution in [0.2, 0.25) is 0 Å². The number of aromatic nitrogens is 1. The molecule has 0 atom stereocenters. The molecule has 1 saturated heterocycles. The number of aliphatic carboxylic acids is 1. The number of amides is 1. The number of carboxylic acids is 1. The number of pyridine rings is 1. The third-order valence-corrected chi connectivity index (χ3v) is 4.10. The zero-order valence-electron chi connectivity index (χ0n) is 11.5. The Kier molecular flexibility index (Phi) is 3.47. The molecule has 110 valence electrons. The minimum atomic E-state index is -0.998.